The van der Waals surface area contributed by atoms with E-state index in [4.69, 9.17) is 5.11 Å². The first-order valence-corrected chi connectivity index (χ1v) is 7.60. The lowest BCUT2D eigenvalue weighted by Gasteiger charge is -2.28. The summed E-state index contributed by atoms with van der Waals surface area (Å²) < 4.78 is 0.982. The number of ketones is 1. The molecule has 1 aromatic carbocycles. The summed E-state index contributed by atoms with van der Waals surface area (Å²) in [4.78, 5) is 13.8. The van der Waals surface area contributed by atoms with E-state index in [-0.39, 0.29) is 12.4 Å². The van der Waals surface area contributed by atoms with Crippen molar-refractivity contribution in [2.24, 2.45) is 0 Å². The summed E-state index contributed by atoms with van der Waals surface area (Å²) in [6.45, 7) is 2.89. The lowest BCUT2D eigenvalue weighted by molar-refractivity contribution is 0.101. The number of carbonyl (C=O) groups is 1. The monoisotopic (exact) mass is 325 g/mol. The normalized spacial score (nSPS) is 18.9. The van der Waals surface area contributed by atoms with E-state index >= 15 is 0 Å². The number of hydrogen-bond donors (Lipinski definition) is 1. The van der Waals surface area contributed by atoms with Gasteiger partial charge in [0.25, 0.3) is 0 Å². The second-order valence-electron chi connectivity index (χ2n) is 5.08. The number of benzene rings is 1. The minimum atomic E-state index is 0.0884. The highest BCUT2D eigenvalue weighted by atomic mass is 79.9. The number of carbonyl (C=O) groups excluding carboxylic acids is 1. The zero-order valence-corrected chi connectivity index (χ0v) is 12.8. The third-order valence-corrected chi connectivity index (χ3v) is 4.37. The Hall–Kier alpha value is -0.870. The molecule has 1 heterocycles. The van der Waals surface area contributed by atoms with Gasteiger partial charge in [0.2, 0.25) is 0 Å². The van der Waals surface area contributed by atoms with E-state index in [1.54, 1.807) is 6.92 Å². The summed E-state index contributed by atoms with van der Waals surface area (Å²) in [6, 6.07) is 6.33. The molecule has 1 N–H and O–H groups in total. The van der Waals surface area contributed by atoms with Crippen molar-refractivity contribution < 1.29 is 9.90 Å². The van der Waals surface area contributed by atoms with Crippen LogP contribution in [0.2, 0.25) is 0 Å². The molecule has 0 aromatic heterocycles. The molecule has 2 rings (SSSR count). The largest absolute Gasteiger partial charge is 0.396 e. The maximum atomic E-state index is 11.4. The van der Waals surface area contributed by atoms with Gasteiger partial charge >= 0.3 is 0 Å². The summed E-state index contributed by atoms with van der Waals surface area (Å²) in [7, 11) is 0. The van der Waals surface area contributed by atoms with E-state index in [9.17, 15) is 4.79 Å². The number of halogens is 1. The fourth-order valence-corrected chi connectivity index (χ4v) is 3.35. The molecule has 3 nitrogen and oxygen atoms in total. The van der Waals surface area contributed by atoms with E-state index in [1.165, 1.54) is 12.8 Å². The highest BCUT2D eigenvalue weighted by Gasteiger charge is 2.25. The van der Waals surface area contributed by atoms with Crippen molar-refractivity contribution in [3.8, 4) is 0 Å². The highest BCUT2D eigenvalue weighted by Crippen LogP contribution is 2.34. The molecular weight excluding hydrogens is 306 g/mol. The van der Waals surface area contributed by atoms with Gasteiger partial charge in [0.05, 0.1) is 5.69 Å². The molecule has 1 atom stereocenters. The zero-order chi connectivity index (χ0) is 13.8. The Morgan fingerprint density at radius 3 is 2.95 bits per heavy atom. The smallest absolute Gasteiger partial charge is 0.159 e. The van der Waals surface area contributed by atoms with E-state index < -0.39 is 0 Å². The first kappa shape index (κ1) is 14.5. The van der Waals surface area contributed by atoms with Crippen LogP contribution in [0.25, 0.3) is 0 Å². The Morgan fingerprint density at radius 2 is 2.32 bits per heavy atom. The van der Waals surface area contributed by atoms with Gasteiger partial charge in [-0.05, 0) is 66.7 Å². The van der Waals surface area contributed by atoms with E-state index in [2.05, 4.69) is 20.8 Å². The molecule has 1 aliphatic heterocycles. The van der Waals surface area contributed by atoms with Gasteiger partial charge in [0.15, 0.2) is 5.78 Å². The van der Waals surface area contributed by atoms with Gasteiger partial charge in [-0.25, -0.2) is 0 Å². The summed E-state index contributed by atoms with van der Waals surface area (Å²) >= 11 is 3.58. The van der Waals surface area contributed by atoms with Crippen LogP contribution in [0.5, 0.6) is 0 Å². The predicted octanol–water partition coefficient (Wildman–Crippen LogP) is 3.39. The summed E-state index contributed by atoms with van der Waals surface area (Å²) in [6.07, 6.45) is 4.25. The standard InChI is InChI=1S/C15H20BrNO2/c1-11(19)12-6-7-15(14(16)10-12)17-8-2-4-13(17)5-3-9-18/h6-7,10,13,18H,2-5,8-9H2,1H3. The first-order valence-electron chi connectivity index (χ1n) is 6.81. The van der Waals surface area contributed by atoms with Gasteiger partial charge in [-0.2, -0.15) is 0 Å². The van der Waals surface area contributed by atoms with E-state index in [1.807, 2.05) is 18.2 Å². The van der Waals surface area contributed by atoms with Crippen molar-refractivity contribution in [1.82, 2.24) is 0 Å². The van der Waals surface area contributed by atoms with Crippen LogP contribution in [-0.2, 0) is 0 Å². The average molecular weight is 326 g/mol. The molecule has 19 heavy (non-hydrogen) atoms. The number of nitrogens with zero attached hydrogens (tertiary/aromatic N) is 1. The number of aliphatic hydroxyl groups is 1. The van der Waals surface area contributed by atoms with Crippen LogP contribution in [0.1, 0.15) is 43.0 Å². The average Bonchev–Trinajstić information content (AvgIpc) is 2.84. The second-order valence-corrected chi connectivity index (χ2v) is 5.93. The van der Waals surface area contributed by atoms with Gasteiger partial charge in [0.1, 0.15) is 0 Å². The number of hydrogen-bond acceptors (Lipinski definition) is 3. The molecule has 0 amide bonds. The maximum absolute atomic E-state index is 11.4. The molecule has 0 saturated carbocycles. The molecule has 1 aliphatic rings. The van der Waals surface area contributed by atoms with Crippen molar-refractivity contribution in [3.63, 3.8) is 0 Å². The Bertz CT molecular complexity index is 461. The van der Waals surface area contributed by atoms with Gasteiger partial charge in [-0.15, -0.1) is 0 Å². The number of rotatable bonds is 5. The van der Waals surface area contributed by atoms with Crippen LogP contribution in [0.3, 0.4) is 0 Å². The Balaban J connectivity index is 2.18. The first-order chi connectivity index (χ1) is 9.13. The van der Waals surface area contributed by atoms with Crippen LogP contribution in [0, 0.1) is 0 Å². The maximum Gasteiger partial charge on any atom is 0.159 e. The molecular formula is C15H20BrNO2. The minimum absolute atomic E-state index is 0.0884. The highest BCUT2D eigenvalue weighted by molar-refractivity contribution is 9.10. The van der Waals surface area contributed by atoms with Crippen LogP contribution in [0.15, 0.2) is 22.7 Å². The van der Waals surface area contributed by atoms with Crippen molar-refractivity contribution in [1.29, 1.82) is 0 Å². The lowest BCUT2D eigenvalue weighted by atomic mass is 10.1. The predicted molar refractivity (Wildman–Crippen MR) is 80.8 cm³/mol. The van der Waals surface area contributed by atoms with Crippen molar-refractivity contribution in [2.75, 3.05) is 18.1 Å². The number of anilines is 1. The Morgan fingerprint density at radius 1 is 1.53 bits per heavy atom. The summed E-state index contributed by atoms with van der Waals surface area (Å²) in [5.41, 5.74) is 1.90. The summed E-state index contributed by atoms with van der Waals surface area (Å²) in [5.74, 6) is 0.0884. The van der Waals surface area contributed by atoms with Crippen molar-refractivity contribution in [3.05, 3.63) is 28.2 Å². The van der Waals surface area contributed by atoms with E-state index in [0.717, 1.165) is 35.1 Å². The minimum Gasteiger partial charge on any atom is -0.396 e. The molecule has 0 aliphatic carbocycles. The molecule has 0 bridgehead atoms. The topological polar surface area (TPSA) is 40.5 Å². The van der Waals surface area contributed by atoms with Gasteiger partial charge in [0, 0.05) is 29.2 Å². The fourth-order valence-electron chi connectivity index (χ4n) is 2.74. The van der Waals surface area contributed by atoms with Crippen LogP contribution >= 0.6 is 15.9 Å². The lowest BCUT2D eigenvalue weighted by Crippen LogP contribution is -2.29. The fraction of sp³-hybridized carbons (Fsp3) is 0.533. The molecule has 4 heteroatoms. The molecule has 1 aromatic rings. The van der Waals surface area contributed by atoms with Crippen LogP contribution in [-0.4, -0.2) is 30.1 Å². The zero-order valence-electron chi connectivity index (χ0n) is 11.2. The third-order valence-electron chi connectivity index (χ3n) is 3.74. The van der Waals surface area contributed by atoms with Crippen LogP contribution in [0.4, 0.5) is 5.69 Å². The quantitative estimate of drug-likeness (QED) is 0.843. The molecule has 0 spiro atoms. The number of aliphatic hydroxyl groups excluding tert-OH is 1. The SMILES string of the molecule is CC(=O)c1ccc(N2CCCC2CCCO)c(Br)c1. The molecule has 104 valence electrons. The van der Waals surface area contributed by atoms with Crippen molar-refractivity contribution in [2.45, 2.75) is 38.6 Å². The Kier molecular flexibility index (Phi) is 4.99. The van der Waals surface area contributed by atoms with Crippen LogP contribution < -0.4 is 4.90 Å². The second kappa shape index (κ2) is 6.53. The molecule has 1 saturated heterocycles. The van der Waals surface area contributed by atoms with E-state index in [0.29, 0.717) is 6.04 Å². The molecule has 0 radical (unpaired) electrons. The summed E-state index contributed by atoms with van der Waals surface area (Å²) in [5, 5.41) is 8.97. The number of Topliss-reactive ketones (excluding diaryl/α,β-unsaturated/α-hetero) is 1. The third kappa shape index (κ3) is 3.37. The Labute approximate surface area is 122 Å². The van der Waals surface area contributed by atoms with Crippen molar-refractivity contribution >= 4 is 27.4 Å². The van der Waals surface area contributed by atoms with Gasteiger partial charge in [-0.3, -0.25) is 4.79 Å². The van der Waals surface area contributed by atoms with Gasteiger partial charge in [-0.1, -0.05) is 0 Å². The van der Waals surface area contributed by atoms with Gasteiger partial charge < -0.3 is 10.0 Å². The molecule has 1 fully saturated rings. The molecule has 1 unspecified atom stereocenters.